The molecule has 0 aliphatic rings. The lowest BCUT2D eigenvalue weighted by molar-refractivity contribution is 1.41. The van der Waals surface area contributed by atoms with Crippen LogP contribution >= 0.6 is 33.9 Å². The van der Waals surface area contributed by atoms with E-state index in [2.05, 4.69) is 40.6 Å². The second-order valence-corrected chi connectivity index (χ2v) is 4.66. The summed E-state index contributed by atoms with van der Waals surface area (Å²) in [6.45, 7) is 2.13. The number of hydrogen-bond acceptors (Lipinski definition) is 2. The predicted octanol–water partition coefficient (Wildman–Crippen LogP) is 3.21. The lowest BCUT2D eigenvalue weighted by atomic mass is 10.4. The molecule has 2 heterocycles. The zero-order valence-corrected chi connectivity index (χ0v) is 8.94. The minimum atomic E-state index is 1.15. The van der Waals surface area contributed by atoms with Crippen LogP contribution in [-0.2, 0) is 0 Å². The van der Waals surface area contributed by atoms with E-state index in [0.717, 1.165) is 5.52 Å². The number of aromatic nitrogens is 1. The molecule has 0 saturated heterocycles. The van der Waals surface area contributed by atoms with Crippen molar-refractivity contribution < 1.29 is 0 Å². The second-order valence-electron chi connectivity index (χ2n) is 2.32. The Morgan fingerprint density at radius 1 is 1.55 bits per heavy atom. The first kappa shape index (κ1) is 7.49. The largest absolute Gasteiger partial charge is 0.254 e. The van der Waals surface area contributed by atoms with E-state index in [-0.39, 0.29) is 0 Å². The van der Waals surface area contributed by atoms with Crippen molar-refractivity contribution in [2.45, 2.75) is 6.92 Å². The van der Waals surface area contributed by atoms with Gasteiger partial charge in [-0.05, 0) is 41.6 Å². The van der Waals surface area contributed by atoms with E-state index >= 15 is 0 Å². The summed E-state index contributed by atoms with van der Waals surface area (Å²) in [6, 6.07) is 4.09. The highest BCUT2D eigenvalue weighted by Crippen LogP contribution is 2.29. The molecule has 0 aliphatic carbocycles. The fraction of sp³-hybridized carbons (Fsp3) is 0.125. The highest BCUT2D eigenvalue weighted by molar-refractivity contribution is 14.1. The smallest absolute Gasteiger partial charge is 0.0945 e. The third-order valence-electron chi connectivity index (χ3n) is 1.55. The van der Waals surface area contributed by atoms with Gasteiger partial charge in [-0.3, -0.25) is 4.98 Å². The van der Waals surface area contributed by atoms with Crippen LogP contribution < -0.4 is 0 Å². The quantitative estimate of drug-likeness (QED) is 0.673. The third kappa shape index (κ3) is 1.16. The fourth-order valence-electron chi connectivity index (χ4n) is 1.01. The van der Waals surface area contributed by atoms with E-state index < -0.39 is 0 Å². The third-order valence-corrected chi connectivity index (χ3v) is 4.30. The summed E-state index contributed by atoms with van der Waals surface area (Å²) in [4.78, 5) is 5.66. The number of hydrogen-bond donors (Lipinski definition) is 0. The standard InChI is InChI=1S/C8H6INS/c1-5-7(9)8-6(11-5)3-2-4-10-8/h2-4H,1H3. The first-order chi connectivity index (χ1) is 5.29. The molecule has 2 aromatic rings. The van der Waals surface area contributed by atoms with Gasteiger partial charge in [0.05, 0.1) is 13.8 Å². The zero-order valence-electron chi connectivity index (χ0n) is 5.97. The molecule has 0 radical (unpaired) electrons. The van der Waals surface area contributed by atoms with Crippen LogP contribution in [0.4, 0.5) is 0 Å². The van der Waals surface area contributed by atoms with Crippen molar-refractivity contribution in [3.05, 3.63) is 26.8 Å². The van der Waals surface area contributed by atoms with Crippen molar-refractivity contribution in [3.63, 3.8) is 0 Å². The zero-order chi connectivity index (χ0) is 7.84. The first-order valence-electron chi connectivity index (χ1n) is 3.28. The Kier molecular flexibility index (Phi) is 1.85. The number of fused-ring (bicyclic) bond motifs is 1. The molecule has 0 unspecified atom stereocenters. The molecule has 0 atom stereocenters. The summed E-state index contributed by atoms with van der Waals surface area (Å²) in [7, 11) is 0. The molecule has 1 nitrogen and oxygen atoms in total. The summed E-state index contributed by atoms with van der Waals surface area (Å²) in [5.74, 6) is 0. The van der Waals surface area contributed by atoms with Crippen LogP contribution in [0, 0.1) is 10.5 Å². The SMILES string of the molecule is Cc1sc2cccnc2c1I. The Morgan fingerprint density at radius 3 is 3.09 bits per heavy atom. The van der Waals surface area contributed by atoms with Crippen LogP contribution in [0.15, 0.2) is 18.3 Å². The predicted molar refractivity (Wildman–Crippen MR) is 57.1 cm³/mol. The Hall–Kier alpha value is -0.160. The van der Waals surface area contributed by atoms with Crippen LogP contribution in [0.25, 0.3) is 10.2 Å². The summed E-state index contributed by atoms with van der Waals surface area (Å²) in [5.41, 5.74) is 1.15. The van der Waals surface area contributed by atoms with Gasteiger partial charge in [0, 0.05) is 11.1 Å². The maximum Gasteiger partial charge on any atom is 0.0945 e. The van der Waals surface area contributed by atoms with Crippen LogP contribution in [-0.4, -0.2) is 4.98 Å². The molecule has 56 valence electrons. The van der Waals surface area contributed by atoms with Crippen molar-refractivity contribution in [2.75, 3.05) is 0 Å². The van der Waals surface area contributed by atoms with Crippen molar-refractivity contribution in [1.82, 2.24) is 4.98 Å². The van der Waals surface area contributed by atoms with E-state index in [1.54, 1.807) is 0 Å². The lowest BCUT2D eigenvalue weighted by Crippen LogP contribution is -1.73. The van der Waals surface area contributed by atoms with Crippen LogP contribution in [0.2, 0.25) is 0 Å². The van der Waals surface area contributed by atoms with E-state index in [1.807, 2.05) is 23.6 Å². The first-order valence-corrected chi connectivity index (χ1v) is 5.18. The monoisotopic (exact) mass is 275 g/mol. The Balaban J connectivity index is 2.92. The minimum Gasteiger partial charge on any atom is -0.254 e. The Labute approximate surface area is 82.6 Å². The van der Waals surface area contributed by atoms with Crippen molar-refractivity contribution >= 4 is 44.1 Å². The van der Waals surface area contributed by atoms with Gasteiger partial charge >= 0.3 is 0 Å². The minimum absolute atomic E-state index is 1.15. The molecule has 11 heavy (non-hydrogen) atoms. The summed E-state index contributed by atoms with van der Waals surface area (Å²) < 4.78 is 2.58. The molecule has 0 aromatic carbocycles. The Morgan fingerprint density at radius 2 is 2.36 bits per heavy atom. The van der Waals surface area contributed by atoms with Gasteiger partial charge in [-0.25, -0.2) is 0 Å². The average molecular weight is 275 g/mol. The number of nitrogens with zero attached hydrogens (tertiary/aromatic N) is 1. The average Bonchev–Trinajstić information content (AvgIpc) is 2.30. The van der Waals surface area contributed by atoms with Gasteiger partial charge in [0.2, 0.25) is 0 Å². The van der Waals surface area contributed by atoms with Crippen molar-refractivity contribution in [2.24, 2.45) is 0 Å². The topological polar surface area (TPSA) is 12.9 Å². The summed E-state index contributed by atoms with van der Waals surface area (Å²) in [6.07, 6.45) is 1.84. The molecule has 3 heteroatoms. The molecule has 0 saturated carbocycles. The van der Waals surface area contributed by atoms with Gasteiger partial charge in [-0.2, -0.15) is 0 Å². The molecule has 0 N–H and O–H groups in total. The number of thiophene rings is 1. The molecular weight excluding hydrogens is 269 g/mol. The van der Waals surface area contributed by atoms with Gasteiger partial charge in [0.15, 0.2) is 0 Å². The molecule has 0 bridgehead atoms. The second kappa shape index (κ2) is 2.71. The van der Waals surface area contributed by atoms with E-state index in [4.69, 9.17) is 0 Å². The number of halogens is 1. The number of aryl methyl sites for hydroxylation is 1. The van der Waals surface area contributed by atoms with Crippen molar-refractivity contribution in [1.29, 1.82) is 0 Å². The summed E-state index contributed by atoms with van der Waals surface area (Å²) in [5, 5.41) is 0. The molecule has 0 amide bonds. The summed E-state index contributed by atoms with van der Waals surface area (Å²) >= 11 is 4.15. The van der Waals surface area contributed by atoms with Gasteiger partial charge in [-0.1, -0.05) is 0 Å². The molecule has 2 rings (SSSR count). The van der Waals surface area contributed by atoms with Gasteiger partial charge in [0.1, 0.15) is 0 Å². The van der Waals surface area contributed by atoms with Crippen LogP contribution in [0.3, 0.4) is 0 Å². The molecule has 0 fully saturated rings. The number of pyridine rings is 1. The van der Waals surface area contributed by atoms with E-state index in [1.165, 1.54) is 13.1 Å². The highest BCUT2D eigenvalue weighted by Gasteiger charge is 2.04. The fourth-order valence-corrected chi connectivity index (χ4v) is 2.87. The molecular formula is C8H6INS. The van der Waals surface area contributed by atoms with Crippen LogP contribution in [0.1, 0.15) is 4.88 Å². The van der Waals surface area contributed by atoms with Crippen molar-refractivity contribution in [3.8, 4) is 0 Å². The van der Waals surface area contributed by atoms with Gasteiger partial charge in [-0.15, -0.1) is 11.3 Å². The van der Waals surface area contributed by atoms with Crippen LogP contribution in [0.5, 0.6) is 0 Å². The number of rotatable bonds is 0. The van der Waals surface area contributed by atoms with Gasteiger partial charge < -0.3 is 0 Å². The van der Waals surface area contributed by atoms with E-state index in [0.29, 0.717) is 0 Å². The maximum atomic E-state index is 4.30. The molecule has 0 spiro atoms. The van der Waals surface area contributed by atoms with E-state index in [9.17, 15) is 0 Å². The normalized spacial score (nSPS) is 10.7. The molecule has 0 aliphatic heterocycles. The Bertz CT molecular complexity index is 394. The van der Waals surface area contributed by atoms with Gasteiger partial charge in [0.25, 0.3) is 0 Å². The maximum absolute atomic E-state index is 4.30. The molecule has 2 aromatic heterocycles. The lowest BCUT2D eigenvalue weighted by Gasteiger charge is -1.85. The highest BCUT2D eigenvalue weighted by atomic mass is 127.